The first-order valence-electron chi connectivity index (χ1n) is 5.95. The lowest BCUT2D eigenvalue weighted by Crippen LogP contribution is -2.57. The lowest BCUT2D eigenvalue weighted by atomic mass is 9.69. The molecule has 1 aliphatic heterocycles. The molecule has 0 bridgehead atoms. The fraction of sp³-hybridized carbons (Fsp3) is 0.0769. The standard InChI is InChI=1S/C13H12BN3O2/c1-19-12-8-4-7-11(15-12)14-16-10-6-3-2-5-9(10)13(18)17-14/h2-8,16H,1H3,(H,17,18). The van der Waals surface area contributed by atoms with Crippen molar-refractivity contribution in [2.45, 2.75) is 0 Å². The molecule has 3 rings (SSSR count). The number of fused-ring (bicyclic) bond motifs is 1. The summed E-state index contributed by atoms with van der Waals surface area (Å²) >= 11 is 0. The molecule has 0 spiro atoms. The lowest BCUT2D eigenvalue weighted by Gasteiger charge is -2.24. The summed E-state index contributed by atoms with van der Waals surface area (Å²) in [5.74, 6) is 0.413. The Bertz CT molecular complexity index is 633. The maximum atomic E-state index is 12.0. The second-order valence-electron chi connectivity index (χ2n) is 4.20. The molecule has 94 valence electrons. The zero-order valence-corrected chi connectivity index (χ0v) is 10.4. The number of anilines is 1. The van der Waals surface area contributed by atoms with Gasteiger partial charge in [0, 0.05) is 11.8 Å². The van der Waals surface area contributed by atoms with Crippen LogP contribution in [0.2, 0.25) is 0 Å². The van der Waals surface area contributed by atoms with Crippen LogP contribution in [0, 0.1) is 0 Å². The maximum absolute atomic E-state index is 12.0. The molecule has 5 nitrogen and oxygen atoms in total. The summed E-state index contributed by atoms with van der Waals surface area (Å²) < 4.78 is 5.09. The van der Waals surface area contributed by atoms with E-state index >= 15 is 0 Å². The van der Waals surface area contributed by atoms with E-state index in [-0.39, 0.29) is 12.9 Å². The van der Waals surface area contributed by atoms with E-state index in [0.29, 0.717) is 17.0 Å². The molecule has 2 aromatic rings. The van der Waals surface area contributed by atoms with E-state index < -0.39 is 0 Å². The van der Waals surface area contributed by atoms with E-state index in [1.165, 1.54) is 0 Å². The van der Waals surface area contributed by atoms with E-state index in [1.54, 1.807) is 19.2 Å². The van der Waals surface area contributed by atoms with Gasteiger partial charge < -0.3 is 15.2 Å². The second-order valence-corrected chi connectivity index (χ2v) is 4.20. The van der Waals surface area contributed by atoms with Crippen molar-refractivity contribution in [2.24, 2.45) is 0 Å². The molecule has 1 aromatic carbocycles. The van der Waals surface area contributed by atoms with Crippen molar-refractivity contribution in [3.63, 3.8) is 0 Å². The number of pyridine rings is 1. The van der Waals surface area contributed by atoms with Gasteiger partial charge in [-0.15, -0.1) is 0 Å². The van der Waals surface area contributed by atoms with Crippen LogP contribution in [0.5, 0.6) is 5.88 Å². The molecular weight excluding hydrogens is 241 g/mol. The van der Waals surface area contributed by atoms with Gasteiger partial charge in [-0.05, 0) is 18.2 Å². The van der Waals surface area contributed by atoms with E-state index in [0.717, 1.165) is 5.69 Å². The van der Waals surface area contributed by atoms with Crippen LogP contribution in [0.1, 0.15) is 10.4 Å². The van der Waals surface area contributed by atoms with Crippen LogP contribution in [0.4, 0.5) is 5.69 Å². The Morgan fingerprint density at radius 3 is 2.79 bits per heavy atom. The van der Waals surface area contributed by atoms with Gasteiger partial charge in [0.05, 0.1) is 18.3 Å². The molecule has 0 unspecified atom stereocenters. The number of nitrogens with one attached hydrogen (secondary N) is 2. The number of hydrogen-bond acceptors (Lipinski definition) is 4. The number of nitrogens with zero attached hydrogens (tertiary/aromatic N) is 1. The van der Waals surface area contributed by atoms with E-state index in [4.69, 9.17) is 4.74 Å². The topological polar surface area (TPSA) is 63.2 Å². The fourth-order valence-electron chi connectivity index (χ4n) is 2.06. The highest BCUT2D eigenvalue weighted by Crippen LogP contribution is 2.18. The smallest absolute Gasteiger partial charge is 0.428 e. The van der Waals surface area contributed by atoms with E-state index in [2.05, 4.69) is 15.4 Å². The van der Waals surface area contributed by atoms with Crippen molar-refractivity contribution in [1.82, 2.24) is 10.2 Å². The zero-order valence-electron chi connectivity index (χ0n) is 10.4. The molecule has 1 aliphatic rings. The number of amides is 1. The van der Waals surface area contributed by atoms with Gasteiger partial charge in [0.1, 0.15) is 0 Å². The minimum atomic E-state index is -0.350. The van der Waals surface area contributed by atoms with Gasteiger partial charge in [-0.2, -0.15) is 0 Å². The van der Waals surface area contributed by atoms with Crippen LogP contribution in [0.25, 0.3) is 0 Å². The molecule has 1 amide bonds. The van der Waals surface area contributed by atoms with Crippen molar-refractivity contribution in [1.29, 1.82) is 0 Å². The molecule has 0 atom stereocenters. The summed E-state index contributed by atoms with van der Waals surface area (Å²) in [5.41, 5.74) is 2.16. The number of carbonyl (C=O) groups is 1. The number of methoxy groups -OCH3 is 1. The molecule has 0 saturated heterocycles. The van der Waals surface area contributed by atoms with Crippen molar-refractivity contribution >= 4 is 24.2 Å². The largest absolute Gasteiger partial charge is 0.481 e. The fourth-order valence-corrected chi connectivity index (χ4v) is 2.06. The Morgan fingerprint density at radius 2 is 1.95 bits per heavy atom. The number of hydrogen-bond donors (Lipinski definition) is 2. The highest BCUT2D eigenvalue weighted by molar-refractivity contribution is 6.76. The Morgan fingerprint density at radius 1 is 1.11 bits per heavy atom. The monoisotopic (exact) mass is 253 g/mol. The summed E-state index contributed by atoms with van der Waals surface area (Å²) in [4.78, 5) is 16.3. The summed E-state index contributed by atoms with van der Waals surface area (Å²) in [6.07, 6.45) is 0. The molecule has 19 heavy (non-hydrogen) atoms. The lowest BCUT2D eigenvalue weighted by molar-refractivity contribution is 0.0979. The normalized spacial score (nSPS) is 13.3. The number of benzene rings is 1. The summed E-state index contributed by atoms with van der Waals surface area (Å²) in [6, 6.07) is 12.8. The van der Waals surface area contributed by atoms with Crippen LogP contribution < -0.4 is 20.8 Å². The number of carbonyl (C=O) groups excluding carboxylic acids is 1. The van der Waals surface area contributed by atoms with Crippen LogP contribution in [-0.4, -0.2) is 25.0 Å². The molecular formula is C13H12BN3O2. The van der Waals surface area contributed by atoms with Crippen LogP contribution in [-0.2, 0) is 0 Å². The van der Waals surface area contributed by atoms with E-state index in [1.807, 2.05) is 30.3 Å². The van der Waals surface area contributed by atoms with Gasteiger partial charge in [-0.3, -0.25) is 4.79 Å². The van der Waals surface area contributed by atoms with Gasteiger partial charge in [0.15, 0.2) is 0 Å². The minimum absolute atomic E-state index is 0.107. The maximum Gasteiger partial charge on any atom is 0.428 e. The molecule has 2 N–H and O–H groups in total. The number of rotatable bonds is 2. The first kappa shape index (κ1) is 11.6. The average molecular weight is 253 g/mol. The first-order chi connectivity index (χ1) is 9.28. The summed E-state index contributed by atoms with van der Waals surface area (Å²) in [7, 11) is 1.56. The van der Waals surface area contributed by atoms with Crippen molar-refractivity contribution < 1.29 is 9.53 Å². The van der Waals surface area contributed by atoms with Gasteiger partial charge >= 0.3 is 6.98 Å². The van der Waals surface area contributed by atoms with Gasteiger partial charge in [0.25, 0.3) is 0 Å². The van der Waals surface area contributed by atoms with Gasteiger partial charge in [0.2, 0.25) is 11.8 Å². The van der Waals surface area contributed by atoms with Crippen molar-refractivity contribution in [3.05, 3.63) is 48.0 Å². The highest BCUT2D eigenvalue weighted by Gasteiger charge is 2.30. The third-order valence-corrected chi connectivity index (χ3v) is 3.00. The highest BCUT2D eigenvalue weighted by atomic mass is 16.5. The third kappa shape index (κ3) is 2.12. The quantitative estimate of drug-likeness (QED) is 0.771. The Hall–Kier alpha value is -2.50. The molecule has 0 fully saturated rings. The van der Waals surface area contributed by atoms with Crippen molar-refractivity contribution in [3.8, 4) is 5.88 Å². The average Bonchev–Trinajstić information content (AvgIpc) is 2.47. The number of ether oxygens (including phenoxy) is 1. The summed E-state index contributed by atoms with van der Waals surface area (Å²) in [5, 5.41) is 6.12. The molecule has 6 heteroatoms. The zero-order chi connectivity index (χ0) is 13.2. The second kappa shape index (κ2) is 4.64. The molecule has 0 saturated carbocycles. The molecule has 0 aliphatic carbocycles. The van der Waals surface area contributed by atoms with Crippen LogP contribution in [0.3, 0.4) is 0 Å². The molecule has 1 aromatic heterocycles. The van der Waals surface area contributed by atoms with Crippen molar-refractivity contribution in [2.75, 3.05) is 12.3 Å². The summed E-state index contributed by atoms with van der Waals surface area (Å²) in [6.45, 7) is -0.350. The number of aromatic nitrogens is 1. The van der Waals surface area contributed by atoms with Crippen LogP contribution in [0.15, 0.2) is 42.5 Å². The van der Waals surface area contributed by atoms with Gasteiger partial charge in [-0.25, -0.2) is 4.98 Å². The van der Waals surface area contributed by atoms with Gasteiger partial charge in [-0.1, -0.05) is 18.2 Å². The molecule has 2 heterocycles. The predicted molar refractivity (Wildman–Crippen MR) is 73.7 cm³/mol. The molecule has 0 radical (unpaired) electrons. The van der Waals surface area contributed by atoms with E-state index in [9.17, 15) is 4.79 Å². The van der Waals surface area contributed by atoms with Crippen LogP contribution >= 0.6 is 0 Å². The first-order valence-corrected chi connectivity index (χ1v) is 5.95. The Labute approximate surface area is 111 Å². The SMILES string of the molecule is COc1cccc(B2NC(=O)c3ccccc3N2)n1. The minimum Gasteiger partial charge on any atom is -0.481 e. The Balaban J connectivity index is 1.94. The Kier molecular flexibility index (Phi) is 2.83. The predicted octanol–water partition coefficient (Wildman–Crippen LogP) is 0.641. The third-order valence-electron chi connectivity index (χ3n) is 3.00. The number of para-hydroxylation sites is 1.